The van der Waals surface area contributed by atoms with Gasteiger partial charge in [0.05, 0.1) is 31.2 Å². The first-order chi connectivity index (χ1) is 13.6. The molecule has 0 unspecified atom stereocenters. The first-order valence-electron chi connectivity index (χ1n) is 8.36. The van der Waals surface area contributed by atoms with Crippen LogP contribution in [0.1, 0.15) is 11.1 Å². The van der Waals surface area contributed by atoms with E-state index >= 15 is 0 Å². The van der Waals surface area contributed by atoms with Gasteiger partial charge in [-0.2, -0.15) is 8.42 Å². The summed E-state index contributed by atoms with van der Waals surface area (Å²) in [5.74, 6) is 0.00876. The van der Waals surface area contributed by atoms with Crippen molar-refractivity contribution in [3.05, 3.63) is 64.3 Å². The van der Waals surface area contributed by atoms with Crippen molar-refractivity contribution < 1.29 is 25.8 Å². The summed E-state index contributed by atoms with van der Waals surface area (Å²) in [6, 6.07) is 11.7. The van der Waals surface area contributed by atoms with Crippen LogP contribution in [0.25, 0.3) is 10.9 Å². The molecule has 0 saturated carbocycles. The lowest BCUT2D eigenvalue weighted by atomic mass is 10.1. The molecular formula is C19H18BrNO6S2. The van der Waals surface area contributed by atoms with Gasteiger partial charge in [-0.25, -0.2) is 8.42 Å². The minimum Gasteiger partial charge on any atom is -0.495 e. The van der Waals surface area contributed by atoms with Gasteiger partial charge in [0, 0.05) is 16.1 Å². The van der Waals surface area contributed by atoms with Gasteiger partial charge in [-0.05, 0) is 47.5 Å². The predicted octanol–water partition coefficient (Wildman–Crippen LogP) is 3.46. The van der Waals surface area contributed by atoms with Gasteiger partial charge in [-0.1, -0.05) is 22.0 Å². The third-order valence-electron chi connectivity index (χ3n) is 4.06. The molecular weight excluding hydrogens is 482 g/mol. The maximum absolute atomic E-state index is 12.9. The zero-order valence-electron chi connectivity index (χ0n) is 15.6. The summed E-state index contributed by atoms with van der Waals surface area (Å²) in [6.07, 6.45) is 2.49. The highest BCUT2D eigenvalue weighted by atomic mass is 79.9. The first-order valence-corrected chi connectivity index (χ1v) is 12.6. The predicted molar refractivity (Wildman–Crippen MR) is 113 cm³/mol. The molecule has 3 aromatic rings. The van der Waals surface area contributed by atoms with Crippen molar-refractivity contribution in [1.82, 2.24) is 4.98 Å². The van der Waals surface area contributed by atoms with Crippen LogP contribution in [0.15, 0.2) is 58.0 Å². The van der Waals surface area contributed by atoms with Crippen molar-refractivity contribution >= 4 is 46.8 Å². The molecule has 1 aromatic heterocycles. The Bertz CT molecular complexity index is 1270. The van der Waals surface area contributed by atoms with Gasteiger partial charge in [0.2, 0.25) is 0 Å². The number of methoxy groups -OCH3 is 1. The Labute approximate surface area is 177 Å². The lowest BCUT2D eigenvalue weighted by molar-refractivity contribution is 0.312. The molecule has 0 radical (unpaired) electrons. The molecule has 0 spiro atoms. The van der Waals surface area contributed by atoms with E-state index < -0.39 is 20.0 Å². The van der Waals surface area contributed by atoms with E-state index in [-0.39, 0.29) is 23.0 Å². The molecule has 10 heteroatoms. The fourth-order valence-electron chi connectivity index (χ4n) is 2.76. The summed E-state index contributed by atoms with van der Waals surface area (Å²) in [5, 5.41) is 0.688. The molecule has 1 heterocycles. The number of hydrogen-bond donors (Lipinski definition) is 0. The van der Waals surface area contributed by atoms with Crippen LogP contribution in [0.2, 0.25) is 0 Å². The highest BCUT2D eigenvalue weighted by molar-refractivity contribution is 9.10. The van der Waals surface area contributed by atoms with Gasteiger partial charge in [0.25, 0.3) is 10.1 Å². The highest BCUT2D eigenvalue weighted by Crippen LogP contribution is 2.30. The van der Waals surface area contributed by atoms with Crippen molar-refractivity contribution in [2.24, 2.45) is 0 Å². The molecule has 0 bridgehead atoms. The van der Waals surface area contributed by atoms with Crippen LogP contribution in [0, 0.1) is 0 Å². The van der Waals surface area contributed by atoms with E-state index in [4.69, 9.17) is 8.92 Å². The molecule has 29 heavy (non-hydrogen) atoms. The first kappa shape index (κ1) is 21.7. The fourth-order valence-corrected chi connectivity index (χ4v) is 5.14. The second kappa shape index (κ2) is 8.39. The Kier molecular flexibility index (Phi) is 6.27. The molecule has 0 atom stereocenters. The maximum Gasteiger partial charge on any atom is 0.264 e. The number of ether oxygens (including phenoxy) is 1. The van der Waals surface area contributed by atoms with Crippen LogP contribution in [0.5, 0.6) is 5.75 Å². The Morgan fingerprint density at radius 2 is 1.72 bits per heavy atom. The fraction of sp³-hybridized carbons (Fsp3) is 0.211. The number of hydrogen-bond acceptors (Lipinski definition) is 7. The van der Waals surface area contributed by atoms with Crippen molar-refractivity contribution in [3.8, 4) is 5.75 Å². The number of rotatable bonds is 7. The molecule has 0 aliphatic rings. The average molecular weight is 500 g/mol. The number of nitrogens with zero attached hydrogens (tertiary/aromatic N) is 1. The summed E-state index contributed by atoms with van der Waals surface area (Å²) in [7, 11) is -5.83. The van der Waals surface area contributed by atoms with E-state index in [9.17, 15) is 16.8 Å². The summed E-state index contributed by atoms with van der Waals surface area (Å²) in [5.41, 5.74) is 1.80. The molecule has 154 valence electrons. The third-order valence-corrected chi connectivity index (χ3v) is 6.80. The van der Waals surface area contributed by atoms with Gasteiger partial charge in [0.1, 0.15) is 10.6 Å². The van der Waals surface area contributed by atoms with Crippen LogP contribution >= 0.6 is 15.9 Å². The summed E-state index contributed by atoms with van der Waals surface area (Å²) < 4.78 is 58.8. The largest absolute Gasteiger partial charge is 0.495 e. The van der Waals surface area contributed by atoms with Crippen LogP contribution < -0.4 is 4.74 Å². The minimum absolute atomic E-state index is 0.0878. The summed E-state index contributed by atoms with van der Waals surface area (Å²) in [4.78, 5) is 4.39. The second-order valence-electron chi connectivity index (χ2n) is 6.39. The van der Waals surface area contributed by atoms with Crippen LogP contribution in [0.4, 0.5) is 0 Å². The van der Waals surface area contributed by atoms with Crippen molar-refractivity contribution in [3.63, 3.8) is 0 Å². The van der Waals surface area contributed by atoms with Crippen molar-refractivity contribution in [1.29, 1.82) is 0 Å². The third kappa shape index (κ3) is 5.53. The molecule has 0 fully saturated rings. The zero-order chi connectivity index (χ0) is 21.2. The van der Waals surface area contributed by atoms with E-state index in [1.54, 1.807) is 36.4 Å². The van der Waals surface area contributed by atoms with E-state index in [1.807, 2.05) is 0 Å². The zero-order valence-corrected chi connectivity index (χ0v) is 18.8. The summed E-state index contributed by atoms with van der Waals surface area (Å²) >= 11 is 3.29. The SMILES string of the molecule is COc1ccc(Br)cc1S(=O)(=O)Cc1cnc2ccc(COS(C)(=O)=O)cc2c1. The molecule has 3 rings (SSSR count). The maximum atomic E-state index is 12.9. The number of sulfone groups is 1. The van der Waals surface area contributed by atoms with Crippen LogP contribution in [-0.4, -0.2) is 35.2 Å². The number of aromatic nitrogens is 1. The molecule has 0 amide bonds. The topological polar surface area (TPSA) is 99.6 Å². The Morgan fingerprint density at radius 3 is 2.41 bits per heavy atom. The normalized spacial score (nSPS) is 12.2. The van der Waals surface area contributed by atoms with Crippen LogP contribution in [-0.2, 0) is 36.5 Å². The van der Waals surface area contributed by atoms with Gasteiger partial charge >= 0.3 is 0 Å². The molecule has 7 nitrogen and oxygen atoms in total. The highest BCUT2D eigenvalue weighted by Gasteiger charge is 2.21. The molecule has 2 aromatic carbocycles. The van der Waals surface area contributed by atoms with Crippen molar-refractivity contribution in [2.45, 2.75) is 17.3 Å². The number of benzene rings is 2. The Balaban J connectivity index is 1.92. The molecule has 0 aliphatic heterocycles. The quantitative estimate of drug-likeness (QED) is 0.458. The number of halogens is 1. The van der Waals surface area contributed by atoms with Crippen molar-refractivity contribution in [2.75, 3.05) is 13.4 Å². The van der Waals surface area contributed by atoms with E-state index in [2.05, 4.69) is 20.9 Å². The number of pyridine rings is 1. The lowest BCUT2D eigenvalue weighted by Gasteiger charge is -2.11. The average Bonchev–Trinajstić information content (AvgIpc) is 2.65. The monoisotopic (exact) mass is 499 g/mol. The summed E-state index contributed by atoms with van der Waals surface area (Å²) in [6.45, 7) is -0.105. The molecule has 0 N–H and O–H groups in total. The van der Waals surface area contributed by atoms with E-state index in [0.717, 1.165) is 6.26 Å². The number of fused-ring (bicyclic) bond motifs is 1. The van der Waals surface area contributed by atoms with Crippen LogP contribution in [0.3, 0.4) is 0 Å². The lowest BCUT2D eigenvalue weighted by Crippen LogP contribution is -2.07. The minimum atomic E-state index is -3.69. The smallest absolute Gasteiger partial charge is 0.264 e. The second-order valence-corrected chi connectivity index (χ2v) is 10.9. The van der Waals surface area contributed by atoms with Gasteiger partial charge in [-0.15, -0.1) is 0 Å². The standard InChI is InChI=1S/C19H18BrNO6S2/c1-26-18-6-4-16(20)9-19(18)29(24,25)12-14-8-15-7-13(11-27-28(2,22)23)3-5-17(15)21-10-14/h3-10H,11-12H2,1-2H3. The van der Waals surface area contributed by atoms with Gasteiger partial charge < -0.3 is 4.74 Å². The van der Waals surface area contributed by atoms with Gasteiger partial charge in [0.15, 0.2) is 9.84 Å². The molecule has 0 aliphatic carbocycles. The Morgan fingerprint density at radius 1 is 1.00 bits per heavy atom. The van der Waals surface area contributed by atoms with E-state index in [0.29, 0.717) is 26.5 Å². The van der Waals surface area contributed by atoms with E-state index in [1.165, 1.54) is 19.4 Å². The molecule has 0 saturated heterocycles. The Hall–Kier alpha value is -2.01. The van der Waals surface area contributed by atoms with Gasteiger partial charge in [-0.3, -0.25) is 9.17 Å².